The Hall–Kier alpha value is -2.01. The van der Waals surface area contributed by atoms with Gasteiger partial charge in [-0.15, -0.1) is 0 Å². The van der Waals surface area contributed by atoms with Crippen LogP contribution in [0.2, 0.25) is 0 Å². The highest BCUT2D eigenvalue weighted by molar-refractivity contribution is 7.92. The molecule has 5 heteroatoms. The normalized spacial score (nSPS) is 11.2. The van der Waals surface area contributed by atoms with Crippen molar-refractivity contribution in [2.24, 2.45) is 0 Å². The van der Waals surface area contributed by atoms with Crippen LogP contribution in [0, 0.1) is 6.92 Å². The summed E-state index contributed by atoms with van der Waals surface area (Å²) in [6.45, 7) is 1.72. The van der Waals surface area contributed by atoms with Gasteiger partial charge in [-0.2, -0.15) is 0 Å². The molecule has 0 amide bonds. The number of sulfonamides is 1. The summed E-state index contributed by atoms with van der Waals surface area (Å²) in [6, 6.07) is 14.4. The van der Waals surface area contributed by atoms with Crippen molar-refractivity contribution in [2.75, 3.05) is 10.5 Å². The third-order valence-electron chi connectivity index (χ3n) is 3.01. The molecule has 0 aliphatic carbocycles. The smallest absolute Gasteiger partial charge is 0.233 e. The lowest BCUT2D eigenvalue weighted by Crippen LogP contribution is -2.18. The van der Waals surface area contributed by atoms with Crippen LogP contribution in [0.25, 0.3) is 0 Å². The van der Waals surface area contributed by atoms with Gasteiger partial charge in [-0.1, -0.05) is 42.5 Å². The van der Waals surface area contributed by atoms with Crippen molar-refractivity contribution < 1.29 is 13.5 Å². The van der Waals surface area contributed by atoms with E-state index in [9.17, 15) is 13.5 Å². The zero-order valence-corrected chi connectivity index (χ0v) is 12.0. The van der Waals surface area contributed by atoms with Crippen LogP contribution in [0.3, 0.4) is 0 Å². The third-order valence-corrected chi connectivity index (χ3v) is 4.28. The summed E-state index contributed by atoms with van der Waals surface area (Å²) in [6.07, 6.45) is 0.433. The molecule has 2 aromatic rings. The molecular formula is C15H17NO3S. The lowest BCUT2D eigenvalue weighted by Gasteiger charge is -2.10. The van der Waals surface area contributed by atoms with Crippen LogP contribution in [0.1, 0.15) is 11.1 Å². The molecule has 0 saturated carbocycles. The Morgan fingerprint density at radius 1 is 1.05 bits per heavy atom. The molecule has 0 atom stereocenters. The van der Waals surface area contributed by atoms with Crippen LogP contribution in [0.4, 0.5) is 5.69 Å². The molecule has 106 valence electrons. The summed E-state index contributed by atoms with van der Waals surface area (Å²) < 4.78 is 26.4. The van der Waals surface area contributed by atoms with Gasteiger partial charge in [0.15, 0.2) is 0 Å². The number of aryl methyl sites for hydroxylation is 2. The van der Waals surface area contributed by atoms with Crippen LogP contribution in [0.5, 0.6) is 5.75 Å². The Morgan fingerprint density at radius 3 is 2.45 bits per heavy atom. The number of nitrogens with one attached hydrogen (secondary N) is 1. The summed E-state index contributed by atoms with van der Waals surface area (Å²) in [4.78, 5) is 0. The van der Waals surface area contributed by atoms with E-state index >= 15 is 0 Å². The first-order chi connectivity index (χ1) is 9.48. The van der Waals surface area contributed by atoms with Crippen molar-refractivity contribution in [1.82, 2.24) is 0 Å². The fourth-order valence-corrected chi connectivity index (χ4v) is 2.96. The van der Waals surface area contributed by atoms with E-state index in [-0.39, 0.29) is 17.2 Å². The SMILES string of the molecule is Cc1cccc(NS(=O)(=O)CCc2ccccc2)c1O. The zero-order valence-electron chi connectivity index (χ0n) is 11.2. The fraction of sp³-hybridized carbons (Fsp3) is 0.200. The third kappa shape index (κ3) is 3.74. The Morgan fingerprint density at radius 2 is 1.75 bits per heavy atom. The average molecular weight is 291 g/mol. The van der Waals surface area contributed by atoms with Crippen molar-refractivity contribution in [2.45, 2.75) is 13.3 Å². The number of phenols is 1. The van der Waals surface area contributed by atoms with Crippen molar-refractivity contribution in [1.29, 1.82) is 0 Å². The average Bonchev–Trinajstić information content (AvgIpc) is 2.43. The molecule has 20 heavy (non-hydrogen) atoms. The van der Waals surface area contributed by atoms with Crippen LogP contribution in [-0.2, 0) is 16.4 Å². The van der Waals surface area contributed by atoms with Gasteiger partial charge >= 0.3 is 0 Å². The highest BCUT2D eigenvalue weighted by Crippen LogP contribution is 2.27. The largest absolute Gasteiger partial charge is 0.505 e. The predicted molar refractivity (Wildman–Crippen MR) is 80.4 cm³/mol. The van der Waals surface area contributed by atoms with E-state index in [0.29, 0.717) is 12.0 Å². The fourth-order valence-electron chi connectivity index (χ4n) is 1.86. The molecule has 2 N–H and O–H groups in total. The first-order valence-electron chi connectivity index (χ1n) is 6.31. The highest BCUT2D eigenvalue weighted by atomic mass is 32.2. The number of rotatable bonds is 5. The number of anilines is 1. The lowest BCUT2D eigenvalue weighted by molar-refractivity contribution is 0.473. The van der Waals surface area contributed by atoms with E-state index in [1.165, 1.54) is 0 Å². The monoisotopic (exact) mass is 291 g/mol. The Balaban J connectivity index is 2.06. The van der Waals surface area contributed by atoms with Crippen LogP contribution in [0.15, 0.2) is 48.5 Å². The van der Waals surface area contributed by atoms with Crippen molar-refractivity contribution in [3.05, 3.63) is 59.7 Å². The second-order valence-electron chi connectivity index (χ2n) is 4.63. The van der Waals surface area contributed by atoms with Gasteiger partial charge in [0.2, 0.25) is 10.0 Å². The number of para-hydroxylation sites is 1. The number of hydrogen-bond acceptors (Lipinski definition) is 3. The minimum atomic E-state index is -3.48. The van der Waals surface area contributed by atoms with Crippen molar-refractivity contribution >= 4 is 15.7 Å². The Labute approximate surface area is 119 Å². The summed E-state index contributed by atoms with van der Waals surface area (Å²) in [5.74, 6) is -0.0551. The van der Waals surface area contributed by atoms with Gasteiger partial charge in [0.05, 0.1) is 11.4 Å². The quantitative estimate of drug-likeness (QED) is 0.832. The van der Waals surface area contributed by atoms with E-state index in [1.807, 2.05) is 30.3 Å². The number of benzene rings is 2. The van der Waals surface area contributed by atoms with Gasteiger partial charge in [0.25, 0.3) is 0 Å². The van der Waals surface area contributed by atoms with E-state index in [1.54, 1.807) is 25.1 Å². The van der Waals surface area contributed by atoms with Gasteiger partial charge < -0.3 is 5.11 Å². The van der Waals surface area contributed by atoms with E-state index in [4.69, 9.17) is 0 Å². The molecule has 0 heterocycles. The molecule has 0 unspecified atom stereocenters. The van der Waals surface area contributed by atoms with Crippen LogP contribution >= 0.6 is 0 Å². The Bertz CT molecular complexity index is 682. The van der Waals surface area contributed by atoms with Crippen LogP contribution < -0.4 is 4.72 Å². The lowest BCUT2D eigenvalue weighted by atomic mass is 10.2. The van der Waals surface area contributed by atoms with Gasteiger partial charge in [-0.05, 0) is 30.5 Å². The summed E-state index contributed by atoms with van der Waals surface area (Å²) in [5, 5.41) is 9.82. The second kappa shape index (κ2) is 5.96. The minimum Gasteiger partial charge on any atom is -0.505 e. The molecule has 0 saturated heterocycles. The molecule has 0 radical (unpaired) electrons. The minimum absolute atomic E-state index is 0.0234. The number of phenolic OH excluding ortho intramolecular Hbond substituents is 1. The predicted octanol–water partition coefficient (Wildman–Crippen LogP) is 2.69. The second-order valence-corrected chi connectivity index (χ2v) is 6.47. The topological polar surface area (TPSA) is 66.4 Å². The van der Waals surface area contributed by atoms with Gasteiger partial charge in [0, 0.05) is 0 Å². The maximum Gasteiger partial charge on any atom is 0.233 e. The first kappa shape index (κ1) is 14.4. The van der Waals surface area contributed by atoms with Gasteiger partial charge in [0.1, 0.15) is 5.75 Å². The summed E-state index contributed by atoms with van der Waals surface area (Å²) in [5.41, 5.74) is 1.82. The standard InChI is InChI=1S/C15H17NO3S/c1-12-6-5-9-14(15(12)17)16-20(18,19)11-10-13-7-3-2-4-8-13/h2-9,16-17H,10-11H2,1H3. The molecular weight excluding hydrogens is 274 g/mol. The molecule has 2 rings (SSSR count). The maximum absolute atomic E-state index is 12.0. The maximum atomic E-state index is 12.0. The van der Waals surface area contributed by atoms with E-state index in [2.05, 4.69) is 4.72 Å². The number of hydrogen-bond donors (Lipinski definition) is 2. The molecule has 4 nitrogen and oxygen atoms in total. The Kier molecular flexibility index (Phi) is 4.29. The van der Waals surface area contributed by atoms with Gasteiger partial charge in [-0.3, -0.25) is 4.72 Å². The summed E-state index contributed by atoms with van der Waals surface area (Å²) in [7, 11) is -3.48. The molecule has 0 fully saturated rings. The van der Waals surface area contributed by atoms with Crippen molar-refractivity contribution in [3.63, 3.8) is 0 Å². The summed E-state index contributed by atoms with van der Waals surface area (Å²) >= 11 is 0. The van der Waals surface area contributed by atoms with E-state index < -0.39 is 10.0 Å². The molecule has 0 bridgehead atoms. The van der Waals surface area contributed by atoms with Crippen LogP contribution in [-0.4, -0.2) is 19.3 Å². The highest BCUT2D eigenvalue weighted by Gasteiger charge is 2.13. The zero-order chi connectivity index (χ0) is 14.6. The van der Waals surface area contributed by atoms with Crippen molar-refractivity contribution in [3.8, 4) is 5.75 Å². The molecule has 0 aliphatic rings. The number of aromatic hydroxyl groups is 1. The molecule has 0 spiro atoms. The molecule has 0 aliphatic heterocycles. The molecule has 2 aromatic carbocycles. The van der Waals surface area contributed by atoms with E-state index in [0.717, 1.165) is 5.56 Å². The molecule has 0 aromatic heterocycles. The van der Waals surface area contributed by atoms with Gasteiger partial charge in [-0.25, -0.2) is 8.42 Å². The first-order valence-corrected chi connectivity index (χ1v) is 7.96.